The zero-order chi connectivity index (χ0) is 11.4. The summed E-state index contributed by atoms with van der Waals surface area (Å²) in [5, 5.41) is 0. The number of hydrogen-bond donors (Lipinski definition) is 0. The number of anilines is 1. The SMILES string of the molecule is CN(Cc1ccoc1)c1ccnc(CCl)c1. The lowest BCUT2D eigenvalue weighted by atomic mass is 10.2. The normalized spacial score (nSPS) is 10.4. The van der Waals surface area contributed by atoms with Gasteiger partial charge in [-0.05, 0) is 18.2 Å². The van der Waals surface area contributed by atoms with Crippen LogP contribution in [0.3, 0.4) is 0 Å². The van der Waals surface area contributed by atoms with E-state index in [1.165, 1.54) is 0 Å². The van der Waals surface area contributed by atoms with Crippen LogP contribution < -0.4 is 4.90 Å². The molecule has 0 spiro atoms. The molecular weight excluding hydrogens is 224 g/mol. The first kappa shape index (κ1) is 11.0. The minimum absolute atomic E-state index is 0.438. The molecule has 16 heavy (non-hydrogen) atoms. The van der Waals surface area contributed by atoms with Gasteiger partial charge >= 0.3 is 0 Å². The summed E-state index contributed by atoms with van der Waals surface area (Å²) in [5.41, 5.74) is 3.14. The van der Waals surface area contributed by atoms with Crippen molar-refractivity contribution in [1.29, 1.82) is 0 Å². The summed E-state index contributed by atoms with van der Waals surface area (Å²) in [4.78, 5) is 6.29. The lowest BCUT2D eigenvalue weighted by Gasteiger charge is -2.18. The van der Waals surface area contributed by atoms with Crippen LogP contribution in [0.5, 0.6) is 0 Å². The van der Waals surface area contributed by atoms with E-state index in [1.807, 2.05) is 25.2 Å². The highest BCUT2D eigenvalue weighted by Crippen LogP contribution is 2.16. The average molecular weight is 237 g/mol. The van der Waals surface area contributed by atoms with Crippen LogP contribution in [0.2, 0.25) is 0 Å². The van der Waals surface area contributed by atoms with Gasteiger partial charge in [-0.25, -0.2) is 0 Å². The molecule has 2 aromatic heterocycles. The Morgan fingerprint density at radius 2 is 2.31 bits per heavy atom. The first-order valence-corrected chi connectivity index (χ1v) is 5.56. The van der Waals surface area contributed by atoms with Crippen molar-refractivity contribution < 1.29 is 4.42 Å². The van der Waals surface area contributed by atoms with Gasteiger partial charge in [-0.1, -0.05) is 0 Å². The molecule has 0 radical (unpaired) electrons. The third-order valence-corrected chi connectivity index (χ3v) is 2.65. The molecule has 0 aliphatic heterocycles. The van der Waals surface area contributed by atoms with E-state index >= 15 is 0 Å². The van der Waals surface area contributed by atoms with Gasteiger partial charge in [0.1, 0.15) is 0 Å². The Labute approximate surface area is 99.7 Å². The highest BCUT2D eigenvalue weighted by Gasteiger charge is 2.04. The van der Waals surface area contributed by atoms with Crippen molar-refractivity contribution >= 4 is 17.3 Å². The summed E-state index contributed by atoms with van der Waals surface area (Å²) in [7, 11) is 2.03. The van der Waals surface area contributed by atoms with Gasteiger partial charge in [0.05, 0.1) is 24.1 Å². The van der Waals surface area contributed by atoms with Gasteiger partial charge in [0.2, 0.25) is 0 Å². The number of halogens is 1. The fraction of sp³-hybridized carbons (Fsp3) is 0.250. The number of alkyl halides is 1. The van der Waals surface area contributed by atoms with Crippen LogP contribution >= 0.6 is 11.6 Å². The molecule has 84 valence electrons. The predicted octanol–water partition coefficient (Wildman–Crippen LogP) is 3.05. The fourth-order valence-corrected chi connectivity index (χ4v) is 1.67. The summed E-state index contributed by atoms with van der Waals surface area (Å²) < 4.78 is 5.04. The number of rotatable bonds is 4. The Balaban J connectivity index is 2.11. The zero-order valence-corrected chi connectivity index (χ0v) is 9.81. The van der Waals surface area contributed by atoms with Crippen LogP contribution in [0.1, 0.15) is 11.3 Å². The second-order valence-corrected chi connectivity index (χ2v) is 3.89. The third kappa shape index (κ3) is 2.55. The van der Waals surface area contributed by atoms with Crippen molar-refractivity contribution in [2.24, 2.45) is 0 Å². The van der Waals surface area contributed by atoms with E-state index in [9.17, 15) is 0 Å². The minimum atomic E-state index is 0.438. The molecule has 2 aromatic rings. The van der Waals surface area contributed by atoms with E-state index in [4.69, 9.17) is 16.0 Å². The molecule has 0 N–H and O–H groups in total. The standard InChI is InChI=1S/C12H13ClN2O/c1-15(8-10-3-5-16-9-10)12-2-4-14-11(6-12)7-13/h2-6,9H,7-8H2,1H3. The molecule has 3 nitrogen and oxygen atoms in total. The first-order valence-electron chi connectivity index (χ1n) is 5.02. The van der Waals surface area contributed by atoms with Crippen molar-refractivity contribution in [2.45, 2.75) is 12.4 Å². The molecule has 0 aromatic carbocycles. The quantitative estimate of drug-likeness (QED) is 0.765. The van der Waals surface area contributed by atoms with Gasteiger partial charge < -0.3 is 9.32 Å². The molecule has 0 saturated carbocycles. The van der Waals surface area contributed by atoms with E-state index in [0.717, 1.165) is 23.5 Å². The number of furan rings is 1. The Morgan fingerprint density at radius 3 is 3.00 bits per heavy atom. The van der Waals surface area contributed by atoms with Crippen LogP contribution in [-0.4, -0.2) is 12.0 Å². The van der Waals surface area contributed by atoms with Crippen molar-refractivity contribution in [3.63, 3.8) is 0 Å². The van der Waals surface area contributed by atoms with E-state index in [2.05, 4.69) is 9.88 Å². The largest absolute Gasteiger partial charge is 0.472 e. The molecule has 0 bridgehead atoms. The van der Waals surface area contributed by atoms with Gasteiger partial charge in [-0.15, -0.1) is 11.6 Å². The maximum atomic E-state index is 5.75. The summed E-state index contributed by atoms with van der Waals surface area (Å²) in [6.07, 6.45) is 5.21. The van der Waals surface area contributed by atoms with Crippen LogP contribution in [0, 0.1) is 0 Å². The van der Waals surface area contributed by atoms with Crippen LogP contribution in [0.15, 0.2) is 41.3 Å². The van der Waals surface area contributed by atoms with Gasteiger partial charge in [-0.2, -0.15) is 0 Å². The molecule has 0 atom stereocenters. The monoisotopic (exact) mass is 236 g/mol. The van der Waals surface area contributed by atoms with E-state index < -0.39 is 0 Å². The molecule has 0 aliphatic carbocycles. The topological polar surface area (TPSA) is 29.3 Å². The Bertz CT molecular complexity index is 442. The first-order chi connectivity index (χ1) is 7.79. The Kier molecular flexibility index (Phi) is 3.47. The second-order valence-electron chi connectivity index (χ2n) is 3.63. The average Bonchev–Trinajstić information content (AvgIpc) is 2.82. The predicted molar refractivity (Wildman–Crippen MR) is 64.6 cm³/mol. The molecule has 0 fully saturated rings. The summed E-state index contributed by atoms with van der Waals surface area (Å²) >= 11 is 5.75. The molecule has 2 heterocycles. The van der Waals surface area contributed by atoms with Gasteiger partial charge in [0, 0.05) is 31.0 Å². The van der Waals surface area contributed by atoms with Crippen LogP contribution in [0.4, 0.5) is 5.69 Å². The molecule has 0 amide bonds. The molecule has 4 heteroatoms. The maximum Gasteiger partial charge on any atom is 0.0952 e. The van der Waals surface area contributed by atoms with Crippen LogP contribution in [-0.2, 0) is 12.4 Å². The van der Waals surface area contributed by atoms with E-state index in [-0.39, 0.29) is 0 Å². The summed E-state index contributed by atoms with van der Waals surface area (Å²) in [6, 6.07) is 5.92. The van der Waals surface area contributed by atoms with Gasteiger partial charge in [0.15, 0.2) is 0 Å². The van der Waals surface area contributed by atoms with Crippen molar-refractivity contribution in [3.8, 4) is 0 Å². The minimum Gasteiger partial charge on any atom is -0.472 e. The Hall–Kier alpha value is -1.48. The molecule has 0 aliphatic rings. The third-order valence-electron chi connectivity index (χ3n) is 2.38. The van der Waals surface area contributed by atoms with Gasteiger partial charge in [-0.3, -0.25) is 4.98 Å². The number of pyridine rings is 1. The zero-order valence-electron chi connectivity index (χ0n) is 9.06. The van der Waals surface area contributed by atoms with Crippen LogP contribution in [0.25, 0.3) is 0 Å². The number of nitrogens with zero attached hydrogens (tertiary/aromatic N) is 2. The lowest BCUT2D eigenvalue weighted by Crippen LogP contribution is -2.16. The highest BCUT2D eigenvalue weighted by molar-refractivity contribution is 6.16. The van der Waals surface area contributed by atoms with E-state index in [0.29, 0.717) is 5.88 Å². The maximum absolute atomic E-state index is 5.75. The molecule has 2 rings (SSSR count). The van der Waals surface area contributed by atoms with E-state index in [1.54, 1.807) is 18.7 Å². The number of hydrogen-bond acceptors (Lipinski definition) is 3. The second kappa shape index (κ2) is 5.03. The molecule has 0 unspecified atom stereocenters. The number of aromatic nitrogens is 1. The van der Waals surface area contributed by atoms with Crippen molar-refractivity contribution in [2.75, 3.05) is 11.9 Å². The highest BCUT2D eigenvalue weighted by atomic mass is 35.5. The van der Waals surface area contributed by atoms with Gasteiger partial charge in [0.25, 0.3) is 0 Å². The lowest BCUT2D eigenvalue weighted by molar-refractivity contribution is 0.563. The fourth-order valence-electron chi connectivity index (χ4n) is 1.52. The molecule has 0 saturated heterocycles. The summed E-state index contributed by atoms with van der Waals surface area (Å²) in [5.74, 6) is 0.438. The summed E-state index contributed by atoms with van der Waals surface area (Å²) in [6.45, 7) is 0.808. The van der Waals surface area contributed by atoms with Crippen molar-refractivity contribution in [1.82, 2.24) is 4.98 Å². The Morgan fingerprint density at radius 1 is 1.44 bits per heavy atom. The smallest absolute Gasteiger partial charge is 0.0952 e. The van der Waals surface area contributed by atoms with Crippen molar-refractivity contribution in [3.05, 3.63) is 48.2 Å². The molecular formula is C12H13ClN2O.